The van der Waals surface area contributed by atoms with Gasteiger partial charge in [-0.3, -0.25) is 9.79 Å². The molecule has 0 atom stereocenters. The number of carbonyl (C=O) groups excluding carboxylic acids is 1. The third-order valence-corrected chi connectivity index (χ3v) is 2.63. The van der Waals surface area contributed by atoms with Gasteiger partial charge in [0.2, 0.25) is 0 Å². The van der Waals surface area contributed by atoms with E-state index in [1.165, 1.54) is 0 Å². The second kappa shape index (κ2) is 5.48. The van der Waals surface area contributed by atoms with Crippen LogP contribution in [0.25, 0.3) is 0 Å². The molecule has 96 valence electrons. The number of aliphatic hydroxyl groups excluding tert-OH is 1. The van der Waals surface area contributed by atoms with Gasteiger partial charge in [0.25, 0.3) is 0 Å². The molecule has 1 aliphatic carbocycles. The van der Waals surface area contributed by atoms with E-state index >= 15 is 0 Å². The number of Topliss-reactive ketones (excluding diaryl/α,β-unsaturated/α-hetero) is 1. The third kappa shape index (κ3) is 3.99. The van der Waals surface area contributed by atoms with Crippen molar-refractivity contribution in [1.82, 2.24) is 0 Å². The second-order valence-corrected chi connectivity index (χ2v) is 5.58. The Morgan fingerprint density at radius 2 is 2.00 bits per heavy atom. The Labute approximate surface area is 104 Å². The molecule has 0 unspecified atom stereocenters. The van der Waals surface area contributed by atoms with Crippen LogP contribution in [0.1, 0.15) is 59.8 Å². The largest absolute Gasteiger partial charge is 0.511 e. The molecule has 1 N–H and O–H groups in total. The first-order valence-corrected chi connectivity index (χ1v) is 6.39. The fraction of sp³-hybridized carbons (Fsp3) is 0.714. The van der Waals surface area contributed by atoms with E-state index in [0.717, 1.165) is 25.0 Å². The first-order chi connectivity index (χ1) is 7.85. The summed E-state index contributed by atoms with van der Waals surface area (Å²) in [6, 6.07) is 0. The topological polar surface area (TPSA) is 49.7 Å². The first-order valence-electron chi connectivity index (χ1n) is 6.39. The van der Waals surface area contributed by atoms with Gasteiger partial charge in [-0.25, -0.2) is 0 Å². The summed E-state index contributed by atoms with van der Waals surface area (Å²) in [5.74, 6) is 0.280. The number of hydrogen-bond donors (Lipinski definition) is 1. The number of allylic oxidation sites excluding steroid dienone is 2. The van der Waals surface area contributed by atoms with Crippen molar-refractivity contribution in [3.63, 3.8) is 0 Å². The lowest BCUT2D eigenvalue weighted by Gasteiger charge is -2.20. The zero-order valence-electron chi connectivity index (χ0n) is 11.3. The maximum Gasteiger partial charge on any atom is 0.168 e. The summed E-state index contributed by atoms with van der Waals surface area (Å²) in [5, 5.41) is 9.91. The number of nitrogens with zero attached hydrogens (tertiary/aromatic N) is 1. The van der Waals surface area contributed by atoms with Crippen LogP contribution in [0.4, 0.5) is 0 Å². The Morgan fingerprint density at radius 1 is 1.35 bits per heavy atom. The lowest BCUT2D eigenvalue weighted by molar-refractivity contribution is -0.115. The van der Waals surface area contributed by atoms with Crippen LogP contribution in [0.2, 0.25) is 0 Å². The van der Waals surface area contributed by atoms with Crippen molar-refractivity contribution in [3.05, 3.63) is 11.3 Å². The molecule has 0 saturated carbocycles. The summed E-state index contributed by atoms with van der Waals surface area (Å²) in [5.41, 5.74) is 1.06. The molecule has 0 amide bonds. The molecule has 0 aromatic heterocycles. The zero-order chi connectivity index (χ0) is 13.1. The summed E-state index contributed by atoms with van der Waals surface area (Å²) in [7, 11) is 0. The van der Waals surface area contributed by atoms with Gasteiger partial charge in [-0.05, 0) is 33.6 Å². The Morgan fingerprint density at radius 3 is 2.47 bits per heavy atom. The monoisotopic (exact) mass is 237 g/mol. The van der Waals surface area contributed by atoms with E-state index in [9.17, 15) is 9.90 Å². The van der Waals surface area contributed by atoms with E-state index in [1.54, 1.807) is 0 Å². The second-order valence-electron chi connectivity index (χ2n) is 5.58. The predicted octanol–water partition coefficient (Wildman–Crippen LogP) is 3.59. The number of rotatable bonds is 3. The van der Waals surface area contributed by atoms with Crippen LogP contribution in [0.3, 0.4) is 0 Å². The number of hydrogen-bond acceptors (Lipinski definition) is 3. The minimum Gasteiger partial charge on any atom is -0.511 e. The van der Waals surface area contributed by atoms with Gasteiger partial charge in [-0.15, -0.1) is 0 Å². The van der Waals surface area contributed by atoms with Gasteiger partial charge in [-0.2, -0.15) is 0 Å². The lowest BCUT2D eigenvalue weighted by atomic mass is 9.90. The van der Waals surface area contributed by atoms with E-state index in [-0.39, 0.29) is 17.1 Å². The summed E-state index contributed by atoms with van der Waals surface area (Å²) < 4.78 is 0. The molecule has 17 heavy (non-hydrogen) atoms. The molecule has 0 radical (unpaired) electrons. The quantitative estimate of drug-likeness (QED) is 0.762. The van der Waals surface area contributed by atoms with Gasteiger partial charge < -0.3 is 5.11 Å². The van der Waals surface area contributed by atoms with Crippen LogP contribution in [-0.2, 0) is 4.79 Å². The van der Waals surface area contributed by atoms with Gasteiger partial charge in [0.1, 0.15) is 5.76 Å². The molecule has 0 saturated heterocycles. The summed E-state index contributed by atoms with van der Waals surface area (Å²) >= 11 is 0. The normalized spacial score (nSPS) is 18.8. The molecule has 0 bridgehead atoms. The van der Waals surface area contributed by atoms with Gasteiger partial charge >= 0.3 is 0 Å². The number of ketones is 1. The number of aliphatic hydroxyl groups is 1. The maximum absolute atomic E-state index is 11.9. The molecular weight excluding hydrogens is 214 g/mol. The van der Waals surface area contributed by atoms with Crippen molar-refractivity contribution >= 4 is 11.5 Å². The minimum atomic E-state index is -0.213. The van der Waals surface area contributed by atoms with E-state index in [1.807, 2.05) is 20.8 Å². The highest BCUT2D eigenvalue weighted by atomic mass is 16.3. The predicted molar refractivity (Wildman–Crippen MR) is 70.6 cm³/mol. The first kappa shape index (κ1) is 13.9. The number of aliphatic imine (C=N–C) groups is 1. The van der Waals surface area contributed by atoms with Crippen molar-refractivity contribution in [2.45, 2.75) is 65.3 Å². The van der Waals surface area contributed by atoms with Crippen molar-refractivity contribution < 1.29 is 9.90 Å². The SMILES string of the molecule is CCCC(=NC(C)(C)C)C1=C(O)CCCC1=O. The average Bonchev–Trinajstić information content (AvgIpc) is 2.15. The molecule has 0 aromatic carbocycles. The highest BCUT2D eigenvalue weighted by molar-refractivity contribution is 6.23. The van der Waals surface area contributed by atoms with E-state index in [4.69, 9.17) is 0 Å². The minimum absolute atomic E-state index is 0.0465. The van der Waals surface area contributed by atoms with Crippen molar-refractivity contribution in [1.29, 1.82) is 0 Å². The Bertz CT molecular complexity index is 359. The average molecular weight is 237 g/mol. The van der Waals surface area contributed by atoms with Crippen molar-refractivity contribution in [3.8, 4) is 0 Å². The van der Waals surface area contributed by atoms with Gasteiger partial charge in [0.15, 0.2) is 5.78 Å². The smallest absolute Gasteiger partial charge is 0.168 e. The summed E-state index contributed by atoms with van der Waals surface area (Å²) in [4.78, 5) is 16.5. The standard InChI is InChI=1S/C14H23NO2/c1-5-7-10(15-14(2,3)4)13-11(16)8-6-9-12(13)17/h16H,5-9H2,1-4H3. The molecule has 1 rings (SSSR count). The Balaban J connectivity index is 3.14. The molecule has 0 fully saturated rings. The zero-order valence-corrected chi connectivity index (χ0v) is 11.3. The van der Waals surface area contributed by atoms with Gasteiger partial charge in [-0.1, -0.05) is 13.3 Å². The highest BCUT2D eigenvalue weighted by Gasteiger charge is 2.25. The summed E-state index contributed by atoms with van der Waals surface area (Å²) in [6.45, 7) is 8.08. The van der Waals surface area contributed by atoms with E-state index in [0.29, 0.717) is 18.4 Å². The molecule has 0 heterocycles. The highest BCUT2D eigenvalue weighted by Crippen LogP contribution is 2.24. The lowest BCUT2D eigenvalue weighted by Crippen LogP contribution is -2.23. The van der Waals surface area contributed by atoms with Crippen LogP contribution in [0, 0.1) is 0 Å². The maximum atomic E-state index is 11.9. The third-order valence-electron chi connectivity index (χ3n) is 2.63. The van der Waals surface area contributed by atoms with Crippen LogP contribution < -0.4 is 0 Å². The molecule has 3 nitrogen and oxygen atoms in total. The van der Waals surface area contributed by atoms with Crippen LogP contribution in [0.5, 0.6) is 0 Å². The Kier molecular flexibility index (Phi) is 4.49. The molecule has 0 spiro atoms. The Hall–Kier alpha value is -1.12. The molecular formula is C14H23NO2. The summed E-state index contributed by atoms with van der Waals surface area (Å²) in [6.07, 6.45) is 3.57. The van der Waals surface area contributed by atoms with Crippen molar-refractivity contribution in [2.24, 2.45) is 4.99 Å². The van der Waals surface area contributed by atoms with Gasteiger partial charge in [0, 0.05) is 18.6 Å². The fourth-order valence-electron chi connectivity index (χ4n) is 2.03. The van der Waals surface area contributed by atoms with E-state index in [2.05, 4.69) is 11.9 Å². The molecule has 0 aliphatic heterocycles. The van der Waals surface area contributed by atoms with Gasteiger partial charge in [0.05, 0.1) is 11.1 Å². The fourth-order valence-corrected chi connectivity index (χ4v) is 2.03. The van der Waals surface area contributed by atoms with Crippen LogP contribution >= 0.6 is 0 Å². The molecule has 0 aromatic rings. The number of carbonyl (C=O) groups is 1. The van der Waals surface area contributed by atoms with Crippen LogP contribution in [-0.4, -0.2) is 22.1 Å². The molecule has 1 aliphatic rings. The molecule has 3 heteroatoms. The van der Waals surface area contributed by atoms with E-state index < -0.39 is 0 Å². The van der Waals surface area contributed by atoms with Crippen molar-refractivity contribution in [2.75, 3.05) is 0 Å². The van der Waals surface area contributed by atoms with Crippen LogP contribution in [0.15, 0.2) is 16.3 Å².